The van der Waals surface area contributed by atoms with Crippen LogP contribution in [0.25, 0.3) is 0 Å². The highest BCUT2D eigenvalue weighted by Gasteiger charge is 2.82. The summed E-state index contributed by atoms with van der Waals surface area (Å²) in [5.74, 6) is -1.15. The molecule has 1 unspecified atom stereocenters. The number of aliphatic hydroxyl groups is 1. The number of ether oxygens (including phenoxy) is 2. The number of aliphatic hydroxyl groups excluding tert-OH is 1. The Morgan fingerprint density at radius 1 is 1.10 bits per heavy atom. The van der Waals surface area contributed by atoms with Crippen LogP contribution in [0, 0.1) is 51.2 Å². The summed E-state index contributed by atoms with van der Waals surface area (Å²) in [6.07, 6.45) is 6.69. The lowest BCUT2D eigenvalue weighted by molar-refractivity contribution is -0.158. The summed E-state index contributed by atoms with van der Waals surface area (Å²) < 4.78 is 11.4. The lowest BCUT2D eigenvalue weighted by Crippen LogP contribution is -2.56. The van der Waals surface area contributed by atoms with E-state index in [0.717, 1.165) is 37.8 Å². The number of anilines is 2. The van der Waals surface area contributed by atoms with Gasteiger partial charge in [0, 0.05) is 50.1 Å². The van der Waals surface area contributed by atoms with Gasteiger partial charge >= 0.3 is 12.1 Å². The van der Waals surface area contributed by atoms with Crippen molar-refractivity contribution in [3.63, 3.8) is 0 Å². The average Bonchev–Trinajstić information content (AvgIpc) is 3.65. The van der Waals surface area contributed by atoms with Crippen molar-refractivity contribution in [2.45, 2.75) is 85.4 Å². The Hall–Kier alpha value is -3.46. The standard InChI is InChI=1S/C39H52N2O7/c1-22(20-47-35(46)40-26-9-11-27(12-10-26)41(7)8)23(2)33(44)34(45)32-30(48-25(4)42)19-37(6)31-14-13-28-24(3)29(43)15-16-38(28)21-39(31,38)18-17-36(32,37)5/h9-12,15-16,22,24,28,30-32,34,45H,2,13-14,17-21H2,1,3-8H3,(H,40,46)/t22-,24-,28-,30-,31-,32?,34+,36+,37-,38+,39-/m0/s1. The Labute approximate surface area is 284 Å². The minimum absolute atomic E-state index is 0.0266. The van der Waals surface area contributed by atoms with Crippen LogP contribution in [-0.4, -0.2) is 61.6 Å². The summed E-state index contributed by atoms with van der Waals surface area (Å²) in [4.78, 5) is 53.5. The zero-order valence-electron chi connectivity index (χ0n) is 29.5. The van der Waals surface area contributed by atoms with Crippen LogP contribution in [0.3, 0.4) is 0 Å². The molecule has 11 atom stereocenters. The van der Waals surface area contributed by atoms with Gasteiger partial charge in [0.05, 0.1) is 6.61 Å². The predicted molar refractivity (Wildman–Crippen MR) is 183 cm³/mol. The van der Waals surface area contributed by atoms with Gasteiger partial charge in [0.2, 0.25) is 0 Å². The van der Waals surface area contributed by atoms with E-state index in [-0.39, 0.29) is 40.1 Å². The largest absolute Gasteiger partial charge is 0.462 e. The Kier molecular flexibility index (Phi) is 8.49. The number of fused-ring (bicyclic) bond motifs is 2. The molecule has 1 aromatic carbocycles. The second-order valence-corrected chi connectivity index (χ2v) is 16.2. The minimum Gasteiger partial charge on any atom is -0.462 e. The van der Waals surface area contributed by atoms with E-state index in [1.807, 2.05) is 37.2 Å². The van der Waals surface area contributed by atoms with Gasteiger partial charge in [-0.3, -0.25) is 19.7 Å². The van der Waals surface area contributed by atoms with Crippen LogP contribution >= 0.6 is 0 Å². The van der Waals surface area contributed by atoms with E-state index in [2.05, 4.69) is 38.7 Å². The summed E-state index contributed by atoms with van der Waals surface area (Å²) in [7, 11) is 3.87. The van der Waals surface area contributed by atoms with E-state index < -0.39 is 47.3 Å². The van der Waals surface area contributed by atoms with E-state index in [9.17, 15) is 24.3 Å². The molecular weight excluding hydrogens is 608 g/mol. The van der Waals surface area contributed by atoms with Gasteiger partial charge in [-0.1, -0.05) is 40.3 Å². The highest BCUT2D eigenvalue weighted by Crippen LogP contribution is 2.87. The molecule has 0 saturated heterocycles. The normalized spacial score (nSPS) is 38.7. The summed E-state index contributed by atoms with van der Waals surface area (Å²) >= 11 is 0. The van der Waals surface area contributed by atoms with Crippen molar-refractivity contribution in [2.24, 2.45) is 51.2 Å². The number of nitrogens with zero attached hydrogens (tertiary/aromatic N) is 1. The van der Waals surface area contributed by atoms with E-state index >= 15 is 0 Å². The first-order valence-electron chi connectivity index (χ1n) is 17.5. The number of hydrogen-bond donors (Lipinski definition) is 2. The molecule has 9 nitrogen and oxygen atoms in total. The van der Waals surface area contributed by atoms with Crippen LogP contribution in [0.2, 0.25) is 0 Å². The third-order valence-corrected chi connectivity index (χ3v) is 14.0. The first kappa shape index (κ1) is 34.4. The number of rotatable bonds is 9. The van der Waals surface area contributed by atoms with E-state index in [1.54, 1.807) is 19.1 Å². The van der Waals surface area contributed by atoms with Crippen LogP contribution in [0.4, 0.5) is 16.2 Å². The van der Waals surface area contributed by atoms with Crippen molar-refractivity contribution in [1.29, 1.82) is 0 Å². The molecule has 5 aliphatic rings. The highest BCUT2D eigenvalue weighted by molar-refractivity contribution is 5.99. The average molecular weight is 661 g/mol. The molecule has 2 spiro atoms. The molecule has 6 rings (SSSR count). The Morgan fingerprint density at radius 2 is 1.79 bits per heavy atom. The molecule has 9 heteroatoms. The third kappa shape index (κ3) is 5.05. The molecule has 0 aromatic heterocycles. The molecule has 1 aromatic rings. The van der Waals surface area contributed by atoms with Gasteiger partial charge in [0.15, 0.2) is 11.6 Å². The highest BCUT2D eigenvalue weighted by atomic mass is 16.6. The van der Waals surface area contributed by atoms with Gasteiger partial charge in [-0.25, -0.2) is 4.79 Å². The van der Waals surface area contributed by atoms with Crippen molar-refractivity contribution in [3.8, 4) is 0 Å². The first-order valence-corrected chi connectivity index (χ1v) is 17.5. The molecule has 4 saturated carbocycles. The van der Waals surface area contributed by atoms with Crippen LogP contribution in [0.5, 0.6) is 0 Å². The second kappa shape index (κ2) is 11.9. The molecule has 5 aliphatic carbocycles. The number of hydrogen-bond acceptors (Lipinski definition) is 8. The molecule has 0 radical (unpaired) electrons. The quantitative estimate of drug-likeness (QED) is 0.232. The molecule has 0 aliphatic heterocycles. The lowest BCUT2D eigenvalue weighted by atomic mass is 9.43. The number of esters is 1. The molecule has 1 amide bonds. The monoisotopic (exact) mass is 660 g/mol. The summed E-state index contributed by atoms with van der Waals surface area (Å²) in [6, 6.07) is 7.33. The lowest BCUT2D eigenvalue weighted by Gasteiger charge is -2.60. The molecule has 48 heavy (non-hydrogen) atoms. The van der Waals surface area contributed by atoms with Crippen LogP contribution < -0.4 is 10.2 Å². The molecule has 0 heterocycles. The molecular formula is C39H52N2O7. The molecule has 260 valence electrons. The maximum atomic E-state index is 14.0. The zero-order chi connectivity index (χ0) is 35.0. The summed E-state index contributed by atoms with van der Waals surface area (Å²) in [5, 5.41) is 14.6. The van der Waals surface area contributed by atoms with Gasteiger partial charge < -0.3 is 19.5 Å². The van der Waals surface area contributed by atoms with Crippen molar-refractivity contribution in [2.75, 3.05) is 30.9 Å². The van der Waals surface area contributed by atoms with Gasteiger partial charge in [-0.2, -0.15) is 0 Å². The molecule has 4 fully saturated rings. The van der Waals surface area contributed by atoms with Crippen molar-refractivity contribution in [1.82, 2.24) is 0 Å². The zero-order valence-corrected chi connectivity index (χ0v) is 29.5. The second-order valence-electron chi connectivity index (χ2n) is 16.2. The fourth-order valence-electron chi connectivity index (χ4n) is 11.2. The SMILES string of the molecule is C=C(C(=O)[C@H](O)C1[C@@H](OC(C)=O)C[C@@]2(C)[C@@H]3CC[C@H]4[C@H](C)C(=O)C=C[C@@]45C[C@@]35CC[C@]12C)[C@@H](C)COC(=O)Nc1ccc(N(C)C)cc1. The van der Waals surface area contributed by atoms with Crippen molar-refractivity contribution < 1.29 is 33.8 Å². The fourth-order valence-corrected chi connectivity index (χ4v) is 11.2. The Bertz CT molecular complexity index is 1550. The number of nitrogens with one attached hydrogen (secondary N) is 1. The summed E-state index contributed by atoms with van der Waals surface area (Å²) in [6.45, 7) is 13.6. The van der Waals surface area contributed by atoms with E-state index in [4.69, 9.17) is 9.47 Å². The van der Waals surface area contributed by atoms with Crippen molar-refractivity contribution >= 4 is 35.0 Å². The maximum Gasteiger partial charge on any atom is 0.411 e. The maximum absolute atomic E-state index is 14.0. The molecule has 0 bridgehead atoms. The smallest absolute Gasteiger partial charge is 0.411 e. The van der Waals surface area contributed by atoms with Crippen LogP contribution in [-0.2, 0) is 23.9 Å². The topological polar surface area (TPSA) is 122 Å². The number of carbonyl (C=O) groups excluding carboxylic acids is 4. The van der Waals surface area contributed by atoms with Gasteiger partial charge in [-0.05, 0) is 108 Å². The number of Topliss-reactive ketones (excluding diaryl/α,β-unsaturated/α-hetero) is 1. The van der Waals surface area contributed by atoms with Gasteiger partial charge in [0.1, 0.15) is 12.2 Å². The minimum atomic E-state index is -1.43. The fraction of sp³-hybridized carbons (Fsp3) is 0.641. The number of benzene rings is 1. The number of allylic oxidation sites excluding steroid dienone is 2. The van der Waals surface area contributed by atoms with Crippen LogP contribution in [0.15, 0.2) is 48.6 Å². The van der Waals surface area contributed by atoms with E-state index in [0.29, 0.717) is 23.9 Å². The van der Waals surface area contributed by atoms with Crippen molar-refractivity contribution in [3.05, 3.63) is 48.6 Å². The van der Waals surface area contributed by atoms with Gasteiger partial charge in [0.25, 0.3) is 0 Å². The third-order valence-electron chi connectivity index (χ3n) is 14.0. The number of amides is 1. The predicted octanol–water partition coefficient (Wildman–Crippen LogP) is 6.36. The summed E-state index contributed by atoms with van der Waals surface area (Å²) in [5.41, 5.74) is 1.10. The number of ketones is 2. The van der Waals surface area contributed by atoms with E-state index in [1.165, 1.54) is 6.92 Å². The first-order chi connectivity index (χ1) is 22.5. The Morgan fingerprint density at radius 3 is 2.44 bits per heavy atom. The number of carbonyl (C=O) groups is 4. The van der Waals surface area contributed by atoms with Gasteiger partial charge in [-0.15, -0.1) is 0 Å². The van der Waals surface area contributed by atoms with Crippen LogP contribution in [0.1, 0.15) is 73.1 Å². The Balaban J connectivity index is 1.17. The molecule has 2 N–H and O–H groups in total.